The molecule has 2 rings (SSSR count). The number of hydrogen-bond donors (Lipinski definition) is 3. The quantitative estimate of drug-likeness (QED) is 0.768. The van der Waals surface area contributed by atoms with Crippen LogP contribution in [0.1, 0.15) is 19.3 Å². The van der Waals surface area contributed by atoms with Crippen molar-refractivity contribution in [2.45, 2.75) is 25.3 Å². The van der Waals surface area contributed by atoms with Crippen LogP contribution in [0, 0.1) is 0 Å². The van der Waals surface area contributed by atoms with Gasteiger partial charge in [-0.25, -0.2) is 8.42 Å². The average Bonchev–Trinajstić information content (AvgIpc) is 2.37. The molecule has 3 N–H and O–H groups in total. The van der Waals surface area contributed by atoms with Gasteiger partial charge in [-0.15, -0.1) is 0 Å². The highest BCUT2D eigenvalue weighted by atomic mass is 32.2. The molecule has 1 aromatic rings. The van der Waals surface area contributed by atoms with Gasteiger partial charge in [0.2, 0.25) is 10.0 Å². The number of anilines is 2. The largest absolute Gasteiger partial charge is 0.382 e. The van der Waals surface area contributed by atoms with E-state index in [-0.39, 0.29) is 0 Å². The molecule has 1 aliphatic rings. The summed E-state index contributed by atoms with van der Waals surface area (Å²) in [5, 5.41) is 6.77. The highest BCUT2D eigenvalue weighted by Gasteiger charge is 2.13. The molecule has 106 valence electrons. The summed E-state index contributed by atoms with van der Waals surface area (Å²) in [5.41, 5.74) is 1.42. The molecule has 5 nitrogen and oxygen atoms in total. The van der Waals surface area contributed by atoms with Crippen LogP contribution in [-0.2, 0) is 10.0 Å². The van der Waals surface area contributed by atoms with E-state index in [0.29, 0.717) is 11.7 Å². The summed E-state index contributed by atoms with van der Waals surface area (Å²) in [6.45, 7) is 1.87. The highest BCUT2D eigenvalue weighted by molar-refractivity contribution is 7.92. The molecule has 1 saturated heterocycles. The van der Waals surface area contributed by atoms with E-state index in [1.807, 2.05) is 18.2 Å². The molecule has 1 atom stereocenters. The number of sulfonamides is 1. The van der Waals surface area contributed by atoms with E-state index in [9.17, 15) is 8.42 Å². The van der Waals surface area contributed by atoms with E-state index in [1.54, 1.807) is 6.07 Å². The van der Waals surface area contributed by atoms with Gasteiger partial charge in [-0.05, 0) is 31.5 Å². The molecule has 1 unspecified atom stereocenters. The number of benzene rings is 1. The molecule has 0 aliphatic carbocycles. The van der Waals surface area contributed by atoms with Crippen molar-refractivity contribution in [1.29, 1.82) is 0 Å². The van der Waals surface area contributed by atoms with E-state index >= 15 is 0 Å². The predicted octanol–water partition coefficient (Wildman–Crippen LogP) is 1.61. The number of rotatable bonds is 5. The van der Waals surface area contributed by atoms with E-state index in [0.717, 1.165) is 31.5 Å². The fraction of sp³-hybridized carbons (Fsp3) is 0.538. The Labute approximate surface area is 114 Å². The lowest BCUT2D eigenvalue weighted by molar-refractivity contribution is 0.414. The Balaban J connectivity index is 1.99. The SMILES string of the molecule is CS(=O)(=O)Nc1ccccc1NCC1CCCCN1. The Morgan fingerprint density at radius 3 is 2.63 bits per heavy atom. The smallest absolute Gasteiger partial charge is 0.229 e. The van der Waals surface area contributed by atoms with Crippen LogP contribution in [0.5, 0.6) is 0 Å². The van der Waals surface area contributed by atoms with Gasteiger partial charge in [-0.3, -0.25) is 4.72 Å². The van der Waals surface area contributed by atoms with Gasteiger partial charge < -0.3 is 10.6 Å². The molecule has 0 radical (unpaired) electrons. The van der Waals surface area contributed by atoms with Gasteiger partial charge in [-0.1, -0.05) is 18.6 Å². The maximum absolute atomic E-state index is 11.3. The van der Waals surface area contributed by atoms with Crippen LogP contribution in [-0.4, -0.2) is 33.8 Å². The van der Waals surface area contributed by atoms with Crippen LogP contribution < -0.4 is 15.4 Å². The van der Waals surface area contributed by atoms with Crippen LogP contribution in [0.3, 0.4) is 0 Å². The summed E-state index contributed by atoms with van der Waals surface area (Å²) >= 11 is 0. The molecule has 0 amide bonds. The van der Waals surface area contributed by atoms with Crippen molar-refractivity contribution in [2.75, 3.05) is 29.4 Å². The average molecular weight is 283 g/mol. The number of hydrogen-bond acceptors (Lipinski definition) is 4. The fourth-order valence-corrected chi connectivity index (χ4v) is 2.83. The van der Waals surface area contributed by atoms with Crippen molar-refractivity contribution in [3.8, 4) is 0 Å². The van der Waals surface area contributed by atoms with Gasteiger partial charge >= 0.3 is 0 Å². The Hall–Kier alpha value is -1.27. The predicted molar refractivity (Wildman–Crippen MR) is 79.0 cm³/mol. The van der Waals surface area contributed by atoms with Crippen molar-refractivity contribution in [3.63, 3.8) is 0 Å². The molecule has 0 saturated carbocycles. The molecular weight excluding hydrogens is 262 g/mol. The van der Waals surface area contributed by atoms with Crippen LogP contribution >= 0.6 is 0 Å². The lowest BCUT2D eigenvalue weighted by atomic mass is 10.1. The number of para-hydroxylation sites is 2. The minimum Gasteiger partial charge on any atom is -0.382 e. The Kier molecular flexibility index (Phi) is 4.66. The van der Waals surface area contributed by atoms with Gasteiger partial charge in [0.15, 0.2) is 0 Å². The standard InChI is InChI=1S/C13H21N3O2S/c1-19(17,18)16-13-8-3-2-7-12(13)15-10-11-6-4-5-9-14-11/h2-3,7-8,11,14-16H,4-6,9-10H2,1H3. The summed E-state index contributed by atoms with van der Waals surface area (Å²) in [6, 6.07) is 7.82. The van der Waals surface area contributed by atoms with E-state index in [1.165, 1.54) is 12.8 Å². The van der Waals surface area contributed by atoms with Crippen LogP contribution in [0.4, 0.5) is 11.4 Å². The Bertz CT molecular complexity index is 510. The molecule has 0 spiro atoms. The van der Waals surface area contributed by atoms with Crippen molar-refractivity contribution in [2.24, 2.45) is 0 Å². The van der Waals surface area contributed by atoms with E-state index < -0.39 is 10.0 Å². The summed E-state index contributed by atoms with van der Waals surface area (Å²) in [4.78, 5) is 0. The van der Waals surface area contributed by atoms with E-state index in [4.69, 9.17) is 0 Å². The lowest BCUT2D eigenvalue weighted by Gasteiger charge is -2.24. The first-order valence-electron chi connectivity index (χ1n) is 6.59. The second-order valence-electron chi connectivity index (χ2n) is 4.95. The molecule has 1 aromatic carbocycles. The summed E-state index contributed by atoms with van der Waals surface area (Å²) in [7, 11) is -3.25. The minimum atomic E-state index is -3.25. The molecular formula is C13H21N3O2S. The first-order valence-corrected chi connectivity index (χ1v) is 8.48. The van der Waals surface area contributed by atoms with Gasteiger partial charge in [0.05, 0.1) is 17.6 Å². The summed E-state index contributed by atoms with van der Waals surface area (Å²) < 4.78 is 25.1. The molecule has 19 heavy (non-hydrogen) atoms. The topological polar surface area (TPSA) is 70.2 Å². The van der Waals surface area contributed by atoms with Crippen LogP contribution in [0.15, 0.2) is 24.3 Å². The second-order valence-corrected chi connectivity index (χ2v) is 6.70. The van der Waals surface area contributed by atoms with Gasteiger partial charge in [0.25, 0.3) is 0 Å². The Morgan fingerprint density at radius 2 is 2.00 bits per heavy atom. The van der Waals surface area contributed by atoms with Gasteiger partial charge in [-0.2, -0.15) is 0 Å². The summed E-state index contributed by atoms with van der Waals surface area (Å²) in [6.07, 6.45) is 4.81. The van der Waals surface area contributed by atoms with Crippen molar-refractivity contribution in [3.05, 3.63) is 24.3 Å². The zero-order valence-electron chi connectivity index (χ0n) is 11.1. The lowest BCUT2D eigenvalue weighted by Crippen LogP contribution is -2.39. The van der Waals surface area contributed by atoms with Crippen molar-refractivity contribution in [1.82, 2.24) is 5.32 Å². The molecule has 1 aliphatic heterocycles. The van der Waals surface area contributed by atoms with Gasteiger partial charge in [0, 0.05) is 12.6 Å². The maximum atomic E-state index is 11.3. The van der Waals surface area contributed by atoms with Crippen LogP contribution in [0.2, 0.25) is 0 Å². The number of nitrogens with one attached hydrogen (secondary N) is 3. The molecule has 0 bridgehead atoms. The maximum Gasteiger partial charge on any atom is 0.229 e. The normalized spacial score (nSPS) is 19.9. The molecule has 1 heterocycles. The zero-order valence-corrected chi connectivity index (χ0v) is 12.0. The van der Waals surface area contributed by atoms with Crippen LogP contribution in [0.25, 0.3) is 0 Å². The highest BCUT2D eigenvalue weighted by Crippen LogP contribution is 2.22. The van der Waals surface area contributed by atoms with Gasteiger partial charge in [0.1, 0.15) is 0 Å². The zero-order chi connectivity index (χ0) is 13.7. The van der Waals surface area contributed by atoms with Crippen molar-refractivity contribution < 1.29 is 8.42 Å². The first-order chi connectivity index (χ1) is 9.04. The third kappa shape index (κ3) is 4.72. The fourth-order valence-electron chi connectivity index (χ4n) is 2.26. The summed E-state index contributed by atoms with van der Waals surface area (Å²) in [5.74, 6) is 0. The molecule has 6 heteroatoms. The monoisotopic (exact) mass is 283 g/mol. The first kappa shape index (κ1) is 14.1. The van der Waals surface area contributed by atoms with Crippen molar-refractivity contribution >= 4 is 21.4 Å². The second kappa shape index (κ2) is 6.25. The molecule has 1 fully saturated rings. The van der Waals surface area contributed by atoms with E-state index in [2.05, 4.69) is 15.4 Å². The number of piperidine rings is 1. The third-order valence-electron chi connectivity index (χ3n) is 3.17. The third-order valence-corrected chi connectivity index (χ3v) is 3.76. The molecule has 0 aromatic heterocycles. The Morgan fingerprint density at radius 1 is 1.26 bits per heavy atom. The minimum absolute atomic E-state index is 0.458.